The highest BCUT2D eigenvalue weighted by Gasteiger charge is 2.33. The van der Waals surface area contributed by atoms with E-state index in [2.05, 4.69) is 25.6 Å². The number of nitrogens with zero attached hydrogens (tertiary/aromatic N) is 4. The van der Waals surface area contributed by atoms with Crippen molar-refractivity contribution in [2.24, 2.45) is 9.98 Å². The first-order chi connectivity index (χ1) is 14.9. The lowest BCUT2D eigenvalue weighted by Crippen LogP contribution is -2.47. The van der Waals surface area contributed by atoms with Gasteiger partial charge in [0.2, 0.25) is 11.9 Å². The van der Waals surface area contributed by atoms with E-state index in [1.165, 1.54) is 13.1 Å². The van der Waals surface area contributed by atoms with Gasteiger partial charge in [-0.1, -0.05) is 0 Å². The molecule has 2 aliphatic rings. The van der Waals surface area contributed by atoms with Crippen LogP contribution in [0, 0.1) is 6.92 Å². The summed E-state index contributed by atoms with van der Waals surface area (Å²) in [4.78, 5) is 39.2. The molecule has 2 amide bonds. The summed E-state index contributed by atoms with van der Waals surface area (Å²) in [5.41, 5.74) is 2.52. The van der Waals surface area contributed by atoms with Crippen LogP contribution in [-0.4, -0.2) is 60.8 Å². The quantitative estimate of drug-likeness (QED) is 0.777. The Hall–Kier alpha value is -3.95. The molecule has 0 aliphatic carbocycles. The Bertz CT molecular complexity index is 1120. The highest BCUT2D eigenvalue weighted by Crippen LogP contribution is 2.43. The van der Waals surface area contributed by atoms with Crippen LogP contribution in [0.15, 0.2) is 34.4 Å². The molecule has 0 saturated heterocycles. The summed E-state index contributed by atoms with van der Waals surface area (Å²) in [7, 11) is 3.17. The number of benzene rings is 1. The number of fused-ring (bicyclic) bond motifs is 3. The number of methoxy groups -OCH3 is 2. The number of guanidine groups is 1. The van der Waals surface area contributed by atoms with Crippen molar-refractivity contribution in [3.05, 3.63) is 41.1 Å². The van der Waals surface area contributed by atoms with Crippen LogP contribution in [0.1, 0.15) is 28.4 Å². The fourth-order valence-corrected chi connectivity index (χ4v) is 3.56. The molecule has 2 aromatic rings. The molecule has 1 aromatic carbocycles. The standard InChI is InChI=1S/C21H22N6O4/c1-11-15(30-3)9-14-17(18(11)31-4)25-21(27-8-7-22-19(14)27)26-20(29)13-5-6-16(23-10-13)24-12(2)28/h5-6,9-10H,7-8H2,1-4H3,(H,23,24,28)(H,25,26,29). The Morgan fingerprint density at radius 2 is 1.97 bits per heavy atom. The van der Waals surface area contributed by atoms with E-state index in [9.17, 15) is 9.59 Å². The van der Waals surface area contributed by atoms with Gasteiger partial charge in [-0.25, -0.2) is 9.98 Å². The van der Waals surface area contributed by atoms with E-state index in [0.717, 1.165) is 11.1 Å². The molecular formula is C21H22N6O4. The molecule has 3 heterocycles. The number of amidine groups is 1. The third-order valence-corrected chi connectivity index (χ3v) is 4.99. The van der Waals surface area contributed by atoms with Gasteiger partial charge in [-0.3, -0.25) is 24.8 Å². The summed E-state index contributed by atoms with van der Waals surface area (Å²) in [5, 5.41) is 5.42. The largest absolute Gasteiger partial charge is 0.496 e. The first kappa shape index (κ1) is 20.3. The van der Waals surface area contributed by atoms with E-state index in [-0.39, 0.29) is 11.8 Å². The summed E-state index contributed by atoms with van der Waals surface area (Å²) in [6.07, 6.45) is 1.40. The lowest BCUT2D eigenvalue weighted by Gasteiger charge is -2.29. The molecule has 0 unspecified atom stereocenters. The molecule has 0 bridgehead atoms. The molecule has 0 fully saturated rings. The van der Waals surface area contributed by atoms with Gasteiger partial charge in [0.05, 0.1) is 31.9 Å². The number of amides is 2. The van der Waals surface area contributed by atoms with E-state index in [1.807, 2.05) is 17.9 Å². The minimum atomic E-state index is -0.375. The first-order valence-electron chi connectivity index (χ1n) is 9.64. The van der Waals surface area contributed by atoms with Crippen LogP contribution in [0.3, 0.4) is 0 Å². The number of carbonyl (C=O) groups excluding carboxylic acids is 2. The molecule has 31 heavy (non-hydrogen) atoms. The number of ether oxygens (including phenoxy) is 2. The number of aromatic nitrogens is 1. The molecule has 10 heteroatoms. The number of pyridine rings is 1. The predicted octanol–water partition coefficient (Wildman–Crippen LogP) is 1.86. The maximum atomic E-state index is 12.8. The molecule has 0 saturated carbocycles. The zero-order chi connectivity index (χ0) is 22.1. The predicted molar refractivity (Wildman–Crippen MR) is 115 cm³/mol. The second kappa shape index (κ2) is 8.05. The maximum absolute atomic E-state index is 12.8. The minimum absolute atomic E-state index is 0.235. The number of carbonyl (C=O) groups is 2. The summed E-state index contributed by atoms with van der Waals surface area (Å²) in [6, 6.07) is 5.03. The van der Waals surface area contributed by atoms with Crippen LogP contribution in [0.5, 0.6) is 11.5 Å². The van der Waals surface area contributed by atoms with Crippen molar-refractivity contribution in [3.8, 4) is 11.5 Å². The highest BCUT2D eigenvalue weighted by molar-refractivity contribution is 6.20. The van der Waals surface area contributed by atoms with Gasteiger partial charge in [0.15, 0.2) is 5.75 Å². The fourth-order valence-electron chi connectivity index (χ4n) is 3.56. The second-order valence-corrected chi connectivity index (χ2v) is 6.99. The van der Waals surface area contributed by atoms with Crippen LogP contribution in [0.4, 0.5) is 11.5 Å². The number of aliphatic imine (C=N–C) groups is 2. The van der Waals surface area contributed by atoms with E-state index < -0.39 is 0 Å². The van der Waals surface area contributed by atoms with E-state index in [1.54, 1.807) is 26.4 Å². The zero-order valence-corrected chi connectivity index (χ0v) is 17.6. The van der Waals surface area contributed by atoms with Crippen molar-refractivity contribution in [1.29, 1.82) is 0 Å². The molecule has 0 radical (unpaired) electrons. The third kappa shape index (κ3) is 3.67. The Balaban J connectivity index is 1.68. The van der Waals surface area contributed by atoms with E-state index in [4.69, 9.17) is 9.47 Å². The van der Waals surface area contributed by atoms with Gasteiger partial charge in [0.1, 0.15) is 23.1 Å². The smallest absolute Gasteiger partial charge is 0.259 e. The van der Waals surface area contributed by atoms with Gasteiger partial charge >= 0.3 is 0 Å². The molecule has 160 valence electrons. The second-order valence-electron chi connectivity index (χ2n) is 6.99. The number of nitrogens with one attached hydrogen (secondary N) is 2. The van der Waals surface area contributed by atoms with Crippen molar-refractivity contribution in [2.45, 2.75) is 13.8 Å². The topological polar surface area (TPSA) is 118 Å². The monoisotopic (exact) mass is 422 g/mol. The fraction of sp³-hybridized carbons (Fsp3) is 0.286. The average Bonchev–Trinajstić information content (AvgIpc) is 3.24. The van der Waals surface area contributed by atoms with Gasteiger partial charge in [-0.15, -0.1) is 0 Å². The molecule has 2 aliphatic heterocycles. The Morgan fingerprint density at radius 1 is 1.16 bits per heavy atom. The molecule has 10 nitrogen and oxygen atoms in total. The number of hydrogen-bond donors (Lipinski definition) is 2. The minimum Gasteiger partial charge on any atom is -0.496 e. The number of anilines is 1. The Morgan fingerprint density at radius 3 is 2.61 bits per heavy atom. The summed E-state index contributed by atoms with van der Waals surface area (Å²) < 4.78 is 11.1. The molecule has 1 aromatic heterocycles. The lowest BCUT2D eigenvalue weighted by molar-refractivity contribution is -0.114. The Labute approximate surface area is 179 Å². The zero-order valence-electron chi connectivity index (χ0n) is 17.6. The van der Waals surface area contributed by atoms with Crippen molar-refractivity contribution >= 4 is 35.1 Å². The van der Waals surface area contributed by atoms with Gasteiger partial charge in [0.25, 0.3) is 5.91 Å². The first-order valence-corrected chi connectivity index (χ1v) is 9.64. The molecule has 4 rings (SSSR count). The summed E-state index contributed by atoms with van der Waals surface area (Å²) in [6.45, 7) is 4.44. The van der Waals surface area contributed by atoms with Crippen molar-refractivity contribution < 1.29 is 19.1 Å². The van der Waals surface area contributed by atoms with Crippen molar-refractivity contribution in [2.75, 3.05) is 32.6 Å². The van der Waals surface area contributed by atoms with E-state index in [0.29, 0.717) is 53.5 Å². The van der Waals surface area contributed by atoms with Crippen LogP contribution in [0.25, 0.3) is 0 Å². The van der Waals surface area contributed by atoms with Gasteiger partial charge < -0.3 is 14.8 Å². The molecule has 2 N–H and O–H groups in total. The van der Waals surface area contributed by atoms with Crippen LogP contribution in [-0.2, 0) is 4.79 Å². The molecule has 0 spiro atoms. The van der Waals surface area contributed by atoms with Crippen molar-refractivity contribution in [1.82, 2.24) is 15.2 Å². The van der Waals surface area contributed by atoms with Gasteiger partial charge in [-0.2, -0.15) is 0 Å². The van der Waals surface area contributed by atoms with E-state index >= 15 is 0 Å². The summed E-state index contributed by atoms with van der Waals surface area (Å²) in [5.74, 6) is 2.07. The SMILES string of the molecule is COc1cc2c(c(OC)c1C)N=C(NC(=O)c1ccc(NC(C)=O)nc1)N1CCN=C21. The normalized spacial score (nSPS) is 14.1. The van der Waals surface area contributed by atoms with Gasteiger partial charge in [0, 0.05) is 25.2 Å². The van der Waals surface area contributed by atoms with Crippen LogP contribution < -0.4 is 20.1 Å². The van der Waals surface area contributed by atoms with Crippen LogP contribution in [0.2, 0.25) is 0 Å². The summed E-state index contributed by atoms with van der Waals surface area (Å²) >= 11 is 0. The number of rotatable bonds is 4. The maximum Gasteiger partial charge on any atom is 0.259 e. The molecular weight excluding hydrogens is 400 g/mol. The molecule has 0 atom stereocenters. The van der Waals surface area contributed by atoms with Gasteiger partial charge in [-0.05, 0) is 25.1 Å². The lowest BCUT2D eigenvalue weighted by atomic mass is 10.0. The van der Waals surface area contributed by atoms with Crippen molar-refractivity contribution in [3.63, 3.8) is 0 Å². The average molecular weight is 422 g/mol. The third-order valence-electron chi connectivity index (χ3n) is 4.99. The van der Waals surface area contributed by atoms with Crippen LogP contribution >= 0.6 is 0 Å². The number of hydrogen-bond acceptors (Lipinski definition) is 8. The highest BCUT2D eigenvalue weighted by atomic mass is 16.5. The Kier molecular flexibility index (Phi) is 5.28.